The lowest BCUT2D eigenvalue weighted by atomic mass is 9.93. The molecule has 1 aliphatic rings. The van der Waals surface area contributed by atoms with E-state index in [0.29, 0.717) is 5.69 Å². The van der Waals surface area contributed by atoms with Gasteiger partial charge in [-0.1, -0.05) is 36.4 Å². The number of thiazole rings is 1. The van der Waals surface area contributed by atoms with E-state index in [1.54, 1.807) is 22.7 Å². The van der Waals surface area contributed by atoms with E-state index in [-0.39, 0.29) is 11.9 Å². The molecule has 0 saturated carbocycles. The lowest BCUT2D eigenvalue weighted by Crippen LogP contribution is -2.40. The van der Waals surface area contributed by atoms with Gasteiger partial charge in [-0.15, -0.1) is 34.0 Å². The average molecular weight is 409 g/mol. The molecular weight excluding hydrogens is 392 g/mol. The molecule has 1 atom stereocenters. The molecule has 0 spiro atoms. The first-order valence-electron chi connectivity index (χ1n) is 8.73. The van der Waals surface area contributed by atoms with Gasteiger partial charge in [0, 0.05) is 16.8 Å². The Hall–Kier alpha value is -2.28. The Morgan fingerprint density at radius 3 is 2.70 bits per heavy atom. The molecule has 1 amide bonds. The minimum absolute atomic E-state index is 0.0137. The summed E-state index contributed by atoms with van der Waals surface area (Å²) in [5, 5.41) is 6.97. The number of benzene rings is 1. The van der Waals surface area contributed by atoms with Crippen LogP contribution < -0.4 is 0 Å². The first-order chi connectivity index (χ1) is 13.3. The lowest BCUT2D eigenvalue weighted by molar-refractivity contribution is 0.0691. The number of hydrogen-bond acceptors (Lipinski definition) is 5. The molecule has 5 rings (SSSR count). The molecule has 3 aromatic heterocycles. The van der Waals surface area contributed by atoms with Gasteiger partial charge in [-0.2, -0.15) is 0 Å². The van der Waals surface area contributed by atoms with E-state index in [9.17, 15) is 4.79 Å². The van der Waals surface area contributed by atoms with Crippen LogP contribution >= 0.6 is 34.0 Å². The molecular formula is C21H16N2OS3. The van der Waals surface area contributed by atoms with Crippen molar-refractivity contribution in [3.05, 3.63) is 86.4 Å². The van der Waals surface area contributed by atoms with Crippen molar-refractivity contribution in [1.82, 2.24) is 9.88 Å². The van der Waals surface area contributed by atoms with E-state index in [2.05, 4.69) is 28.6 Å². The number of carbonyl (C=O) groups excluding carboxylic acids is 1. The van der Waals surface area contributed by atoms with Crippen molar-refractivity contribution in [2.75, 3.05) is 6.54 Å². The van der Waals surface area contributed by atoms with Gasteiger partial charge in [0.25, 0.3) is 5.91 Å². The summed E-state index contributed by atoms with van der Waals surface area (Å²) in [5.41, 5.74) is 2.95. The van der Waals surface area contributed by atoms with Crippen LogP contribution in [-0.4, -0.2) is 22.3 Å². The second-order valence-corrected chi connectivity index (χ2v) is 9.18. The van der Waals surface area contributed by atoms with Gasteiger partial charge < -0.3 is 4.90 Å². The third kappa shape index (κ3) is 3.04. The highest BCUT2D eigenvalue weighted by molar-refractivity contribution is 7.20. The summed E-state index contributed by atoms with van der Waals surface area (Å²) in [7, 11) is 0. The molecule has 0 N–H and O–H groups in total. The van der Waals surface area contributed by atoms with Crippen molar-refractivity contribution in [2.45, 2.75) is 12.5 Å². The highest BCUT2D eigenvalue weighted by atomic mass is 32.1. The van der Waals surface area contributed by atoms with Crippen LogP contribution in [0, 0.1) is 0 Å². The monoisotopic (exact) mass is 408 g/mol. The molecule has 4 heterocycles. The number of amides is 1. The summed E-state index contributed by atoms with van der Waals surface area (Å²) in [5.74, 6) is 0.0137. The van der Waals surface area contributed by atoms with Gasteiger partial charge in [-0.25, -0.2) is 4.98 Å². The van der Waals surface area contributed by atoms with Gasteiger partial charge >= 0.3 is 0 Å². The van der Waals surface area contributed by atoms with Crippen LogP contribution in [0.1, 0.15) is 32.5 Å². The standard InChI is InChI=1S/C21H16N2OS3/c24-21(16-13-27-20(22-16)18-7-4-11-25-18)23-10-8-17-15(9-12-26-17)19(23)14-5-2-1-3-6-14/h1-7,9,11-13,19H,8,10H2. The van der Waals surface area contributed by atoms with Crippen LogP contribution in [-0.2, 0) is 6.42 Å². The van der Waals surface area contributed by atoms with E-state index in [1.165, 1.54) is 21.8 Å². The highest BCUT2D eigenvalue weighted by Gasteiger charge is 2.34. The SMILES string of the molecule is O=C(c1csc(-c2cccs2)n1)N1CCc2sccc2C1c1ccccc1. The zero-order valence-corrected chi connectivity index (χ0v) is 16.8. The quantitative estimate of drug-likeness (QED) is 0.434. The van der Waals surface area contributed by atoms with Crippen LogP contribution in [0.5, 0.6) is 0 Å². The van der Waals surface area contributed by atoms with Crippen molar-refractivity contribution in [3.8, 4) is 9.88 Å². The first kappa shape index (κ1) is 16.9. The maximum Gasteiger partial charge on any atom is 0.274 e. The summed E-state index contributed by atoms with van der Waals surface area (Å²) in [6, 6.07) is 16.5. The van der Waals surface area contributed by atoms with Gasteiger partial charge in [-0.3, -0.25) is 4.79 Å². The van der Waals surface area contributed by atoms with E-state index in [0.717, 1.165) is 28.4 Å². The number of nitrogens with zero attached hydrogens (tertiary/aromatic N) is 2. The van der Waals surface area contributed by atoms with Crippen LogP contribution in [0.15, 0.2) is 64.7 Å². The molecule has 27 heavy (non-hydrogen) atoms. The van der Waals surface area contributed by atoms with Crippen LogP contribution in [0.2, 0.25) is 0 Å². The number of hydrogen-bond donors (Lipinski definition) is 0. The van der Waals surface area contributed by atoms with Crippen molar-refractivity contribution in [3.63, 3.8) is 0 Å². The van der Waals surface area contributed by atoms with Crippen molar-refractivity contribution < 1.29 is 4.79 Å². The topological polar surface area (TPSA) is 33.2 Å². The molecule has 1 unspecified atom stereocenters. The maximum atomic E-state index is 13.4. The predicted molar refractivity (Wildman–Crippen MR) is 113 cm³/mol. The number of thiophene rings is 2. The van der Waals surface area contributed by atoms with Crippen LogP contribution in [0.3, 0.4) is 0 Å². The molecule has 0 aliphatic carbocycles. The molecule has 0 fully saturated rings. The van der Waals surface area contributed by atoms with Gasteiger partial charge in [0.1, 0.15) is 10.7 Å². The van der Waals surface area contributed by atoms with Crippen molar-refractivity contribution in [1.29, 1.82) is 0 Å². The fourth-order valence-corrected chi connectivity index (χ4v) is 6.07. The Labute approximate surface area is 169 Å². The van der Waals surface area contributed by atoms with Crippen LogP contribution in [0.4, 0.5) is 0 Å². The molecule has 4 aromatic rings. The summed E-state index contributed by atoms with van der Waals surface area (Å²) >= 11 is 4.97. The van der Waals surface area contributed by atoms with E-state index >= 15 is 0 Å². The smallest absolute Gasteiger partial charge is 0.274 e. The number of carbonyl (C=O) groups is 1. The van der Waals surface area contributed by atoms with Gasteiger partial charge in [0.15, 0.2) is 0 Å². The summed E-state index contributed by atoms with van der Waals surface area (Å²) in [6.45, 7) is 0.720. The molecule has 1 aliphatic heterocycles. The third-order valence-corrected chi connectivity index (χ3v) is 7.68. The average Bonchev–Trinajstić information content (AvgIpc) is 3.48. The van der Waals surface area contributed by atoms with Gasteiger partial charge in [0.05, 0.1) is 10.9 Å². The highest BCUT2D eigenvalue weighted by Crippen LogP contribution is 2.39. The summed E-state index contributed by atoms with van der Waals surface area (Å²) in [6.07, 6.45) is 0.907. The molecule has 134 valence electrons. The number of rotatable bonds is 3. The zero-order valence-electron chi connectivity index (χ0n) is 14.4. The fraction of sp³-hybridized carbons (Fsp3) is 0.143. The third-order valence-electron chi connectivity index (χ3n) is 4.80. The largest absolute Gasteiger partial charge is 0.326 e. The zero-order chi connectivity index (χ0) is 18.2. The Morgan fingerprint density at radius 2 is 1.89 bits per heavy atom. The van der Waals surface area contributed by atoms with Gasteiger partial charge in [0.2, 0.25) is 0 Å². The predicted octanol–water partition coefficient (Wildman–Crippen LogP) is 5.72. The number of aromatic nitrogens is 1. The van der Waals surface area contributed by atoms with Gasteiger partial charge in [-0.05, 0) is 40.4 Å². The molecule has 6 heteroatoms. The minimum Gasteiger partial charge on any atom is -0.326 e. The van der Waals surface area contributed by atoms with E-state index in [4.69, 9.17) is 0 Å². The normalized spacial score (nSPS) is 16.3. The first-order valence-corrected chi connectivity index (χ1v) is 11.4. The summed E-state index contributed by atoms with van der Waals surface area (Å²) < 4.78 is 0. The Bertz CT molecular complexity index is 1070. The molecule has 0 bridgehead atoms. The molecule has 0 saturated heterocycles. The van der Waals surface area contributed by atoms with E-state index in [1.807, 2.05) is 46.0 Å². The molecule has 3 nitrogen and oxygen atoms in total. The molecule has 0 radical (unpaired) electrons. The minimum atomic E-state index is -0.0411. The lowest BCUT2D eigenvalue weighted by Gasteiger charge is -2.36. The van der Waals surface area contributed by atoms with Crippen molar-refractivity contribution in [2.24, 2.45) is 0 Å². The second kappa shape index (κ2) is 7.03. The Balaban J connectivity index is 1.52. The number of fused-ring (bicyclic) bond motifs is 1. The Morgan fingerprint density at radius 1 is 1.00 bits per heavy atom. The second-order valence-electron chi connectivity index (χ2n) is 6.38. The van der Waals surface area contributed by atoms with Crippen LogP contribution in [0.25, 0.3) is 9.88 Å². The fourth-order valence-electron chi connectivity index (χ4n) is 3.56. The maximum absolute atomic E-state index is 13.4. The Kier molecular flexibility index (Phi) is 4.39. The van der Waals surface area contributed by atoms with E-state index < -0.39 is 0 Å². The van der Waals surface area contributed by atoms with Crippen molar-refractivity contribution >= 4 is 39.9 Å². The summed E-state index contributed by atoms with van der Waals surface area (Å²) in [4.78, 5) is 22.5. The molecule has 1 aromatic carbocycles.